The minimum atomic E-state index is 0.182. The largest absolute Gasteiger partial charge is 0.381 e. The van der Waals surface area contributed by atoms with E-state index >= 15 is 0 Å². The van der Waals surface area contributed by atoms with Gasteiger partial charge in [-0.05, 0) is 39.2 Å². The van der Waals surface area contributed by atoms with E-state index in [-0.39, 0.29) is 5.54 Å². The molecule has 1 unspecified atom stereocenters. The van der Waals surface area contributed by atoms with Crippen molar-refractivity contribution in [3.8, 4) is 0 Å². The van der Waals surface area contributed by atoms with Crippen molar-refractivity contribution >= 4 is 0 Å². The molecule has 4 heteroatoms. The highest BCUT2D eigenvalue weighted by molar-refractivity contribution is 4.98. The Hall–Kier alpha value is -0.160. The Morgan fingerprint density at radius 1 is 1.11 bits per heavy atom. The SMILES string of the molecule is CCNC(C1CCOCC1)C(C)(C)N1CCOCC1. The molecule has 0 saturated carbocycles. The average Bonchev–Trinajstić information content (AvgIpc) is 2.46. The van der Waals surface area contributed by atoms with Crippen LogP contribution < -0.4 is 5.32 Å². The van der Waals surface area contributed by atoms with Crippen LogP contribution in [0.25, 0.3) is 0 Å². The molecule has 1 atom stereocenters. The minimum absolute atomic E-state index is 0.182. The third-order valence-electron chi connectivity index (χ3n) is 4.75. The molecular formula is C15H30N2O2. The van der Waals surface area contributed by atoms with Crippen LogP contribution >= 0.6 is 0 Å². The van der Waals surface area contributed by atoms with Crippen molar-refractivity contribution in [2.24, 2.45) is 5.92 Å². The second-order valence-electron chi connectivity index (χ2n) is 6.24. The quantitative estimate of drug-likeness (QED) is 0.821. The summed E-state index contributed by atoms with van der Waals surface area (Å²) in [6, 6.07) is 0.541. The van der Waals surface area contributed by atoms with E-state index in [1.807, 2.05) is 0 Å². The Morgan fingerprint density at radius 2 is 1.68 bits per heavy atom. The van der Waals surface area contributed by atoms with Gasteiger partial charge in [-0.1, -0.05) is 6.92 Å². The predicted octanol–water partition coefficient (Wildman–Crippen LogP) is 1.50. The maximum atomic E-state index is 5.52. The van der Waals surface area contributed by atoms with Gasteiger partial charge >= 0.3 is 0 Å². The summed E-state index contributed by atoms with van der Waals surface area (Å²) in [6.07, 6.45) is 2.37. The molecule has 4 nitrogen and oxygen atoms in total. The Bertz CT molecular complexity index is 259. The Labute approximate surface area is 117 Å². The van der Waals surface area contributed by atoms with Crippen LogP contribution in [0, 0.1) is 5.92 Å². The van der Waals surface area contributed by atoms with Crippen LogP contribution in [0.1, 0.15) is 33.6 Å². The number of rotatable bonds is 5. The van der Waals surface area contributed by atoms with Gasteiger partial charge in [-0.3, -0.25) is 4.90 Å². The molecular weight excluding hydrogens is 240 g/mol. The van der Waals surface area contributed by atoms with Crippen LogP contribution in [0.4, 0.5) is 0 Å². The van der Waals surface area contributed by atoms with E-state index in [0.29, 0.717) is 6.04 Å². The van der Waals surface area contributed by atoms with E-state index in [9.17, 15) is 0 Å². The Balaban J connectivity index is 2.06. The number of hydrogen-bond acceptors (Lipinski definition) is 4. The lowest BCUT2D eigenvalue weighted by Gasteiger charge is -2.49. The predicted molar refractivity (Wildman–Crippen MR) is 77.5 cm³/mol. The number of hydrogen-bond donors (Lipinski definition) is 1. The zero-order valence-corrected chi connectivity index (χ0v) is 12.8. The maximum Gasteiger partial charge on any atom is 0.0594 e. The highest BCUT2D eigenvalue weighted by Gasteiger charge is 2.40. The van der Waals surface area contributed by atoms with Gasteiger partial charge in [0.2, 0.25) is 0 Å². The lowest BCUT2D eigenvalue weighted by atomic mass is 9.79. The van der Waals surface area contributed by atoms with Crippen molar-refractivity contribution in [1.82, 2.24) is 10.2 Å². The summed E-state index contributed by atoms with van der Waals surface area (Å²) in [5.41, 5.74) is 0.182. The fourth-order valence-electron chi connectivity index (χ4n) is 3.60. The van der Waals surface area contributed by atoms with Crippen molar-refractivity contribution in [2.75, 3.05) is 46.1 Å². The summed E-state index contributed by atoms with van der Waals surface area (Å²) >= 11 is 0. The Kier molecular flexibility index (Phi) is 5.63. The van der Waals surface area contributed by atoms with Crippen LogP contribution in [0.15, 0.2) is 0 Å². The third-order valence-corrected chi connectivity index (χ3v) is 4.75. The van der Waals surface area contributed by atoms with E-state index in [0.717, 1.165) is 52.0 Å². The van der Waals surface area contributed by atoms with E-state index in [1.165, 1.54) is 12.8 Å². The van der Waals surface area contributed by atoms with Crippen LogP contribution in [0.3, 0.4) is 0 Å². The molecule has 0 bridgehead atoms. The van der Waals surface area contributed by atoms with Gasteiger partial charge in [0, 0.05) is 37.9 Å². The van der Waals surface area contributed by atoms with Gasteiger partial charge in [-0.25, -0.2) is 0 Å². The van der Waals surface area contributed by atoms with E-state index < -0.39 is 0 Å². The fourth-order valence-corrected chi connectivity index (χ4v) is 3.60. The summed E-state index contributed by atoms with van der Waals surface area (Å²) in [6.45, 7) is 13.7. The number of nitrogens with zero attached hydrogens (tertiary/aromatic N) is 1. The molecule has 0 aromatic rings. The highest BCUT2D eigenvalue weighted by Crippen LogP contribution is 2.30. The van der Waals surface area contributed by atoms with Crippen LogP contribution in [0.2, 0.25) is 0 Å². The average molecular weight is 270 g/mol. The molecule has 112 valence electrons. The molecule has 0 aromatic carbocycles. The Morgan fingerprint density at radius 3 is 2.26 bits per heavy atom. The van der Waals surface area contributed by atoms with Crippen molar-refractivity contribution in [1.29, 1.82) is 0 Å². The molecule has 0 radical (unpaired) electrons. The van der Waals surface area contributed by atoms with Gasteiger partial charge in [-0.2, -0.15) is 0 Å². The summed E-state index contributed by atoms with van der Waals surface area (Å²) in [7, 11) is 0. The summed E-state index contributed by atoms with van der Waals surface area (Å²) in [5.74, 6) is 0.728. The van der Waals surface area contributed by atoms with Crippen LogP contribution in [-0.4, -0.2) is 62.5 Å². The summed E-state index contributed by atoms with van der Waals surface area (Å²) in [4.78, 5) is 2.60. The molecule has 0 aliphatic carbocycles. The zero-order chi connectivity index (χ0) is 13.7. The van der Waals surface area contributed by atoms with E-state index in [4.69, 9.17) is 9.47 Å². The topological polar surface area (TPSA) is 33.7 Å². The van der Waals surface area contributed by atoms with Crippen molar-refractivity contribution in [3.63, 3.8) is 0 Å². The van der Waals surface area contributed by atoms with E-state index in [2.05, 4.69) is 31.0 Å². The molecule has 2 heterocycles. The molecule has 2 fully saturated rings. The molecule has 2 aliphatic rings. The second-order valence-corrected chi connectivity index (χ2v) is 6.24. The highest BCUT2D eigenvalue weighted by atomic mass is 16.5. The molecule has 0 spiro atoms. The van der Waals surface area contributed by atoms with Crippen molar-refractivity contribution in [2.45, 2.75) is 45.2 Å². The third kappa shape index (κ3) is 3.69. The van der Waals surface area contributed by atoms with Crippen molar-refractivity contribution < 1.29 is 9.47 Å². The van der Waals surface area contributed by atoms with Crippen LogP contribution in [-0.2, 0) is 9.47 Å². The molecule has 2 saturated heterocycles. The smallest absolute Gasteiger partial charge is 0.0594 e. The lowest BCUT2D eigenvalue weighted by Crippen LogP contribution is -2.63. The standard InChI is InChI=1S/C15H30N2O2/c1-4-16-14(13-5-9-18-10-6-13)15(2,3)17-7-11-19-12-8-17/h13-14,16H,4-12H2,1-3H3. The number of ether oxygens (including phenoxy) is 2. The number of morpholine rings is 1. The first-order chi connectivity index (χ1) is 9.16. The van der Waals surface area contributed by atoms with Gasteiger partial charge in [0.05, 0.1) is 13.2 Å². The molecule has 0 aromatic heterocycles. The molecule has 1 N–H and O–H groups in total. The van der Waals surface area contributed by atoms with E-state index in [1.54, 1.807) is 0 Å². The first-order valence-electron chi connectivity index (χ1n) is 7.80. The van der Waals surface area contributed by atoms with Gasteiger partial charge in [-0.15, -0.1) is 0 Å². The van der Waals surface area contributed by atoms with Gasteiger partial charge in [0.25, 0.3) is 0 Å². The van der Waals surface area contributed by atoms with Gasteiger partial charge < -0.3 is 14.8 Å². The first kappa shape index (κ1) is 15.2. The normalized spacial score (nSPS) is 25.4. The molecule has 19 heavy (non-hydrogen) atoms. The van der Waals surface area contributed by atoms with Crippen molar-refractivity contribution in [3.05, 3.63) is 0 Å². The number of likely N-dealkylation sites (N-methyl/N-ethyl adjacent to an activating group) is 1. The molecule has 2 aliphatic heterocycles. The fraction of sp³-hybridized carbons (Fsp3) is 1.00. The maximum absolute atomic E-state index is 5.52. The van der Waals surface area contributed by atoms with Crippen LogP contribution in [0.5, 0.6) is 0 Å². The lowest BCUT2D eigenvalue weighted by molar-refractivity contribution is -0.0432. The monoisotopic (exact) mass is 270 g/mol. The molecule has 2 rings (SSSR count). The molecule has 0 amide bonds. The second kappa shape index (κ2) is 7.02. The number of nitrogens with one attached hydrogen (secondary N) is 1. The zero-order valence-electron chi connectivity index (χ0n) is 12.8. The van der Waals surface area contributed by atoms with Gasteiger partial charge in [0.15, 0.2) is 0 Å². The summed E-state index contributed by atoms with van der Waals surface area (Å²) < 4.78 is 11.0. The summed E-state index contributed by atoms with van der Waals surface area (Å²) in [5, 5.41) is 3.75. The first-order valence-corrected chi connectivity index (χ1v) is 7.80. The minimum Gasteiger partial charge on any atom is -0.381 e. The van der Waals surface area contributed by atoms with Gasteiger partial charge in [0.1, 0.15) is 0 Å².